The monoisotopic (exact) mass is 450 g/mol. The molecule has 1 aliphatic heterocycles. The molecule has 0 aliphatic carbocycles. The van der Waals surface area contributed by atoms with Crippen molar-refractivity contribution in [3.05, 3.63) is 77.5 Å². The molecule has 0 radical (unpaired) electrons. The van der Waals surface area contributed by atoms with Crippen LogP contribution in [0.1, 0.15) is 29.7 Å². The van der Waals surface area contributed by atoms with Crippen LogP contribution in [0.25, 0.3) is 16.8 Å². The molecule has 1 atom stereocenters. The van der Waals surface area contributed by atoms with Crippen molar-refractivity contribution in [1.29, 1.82) is 0 Å². The highest BCUT2D eigenvalue weighted by atomic mass is 35.5. The number of aromatic nitrogens is 1. The van der Waals surface area contributed by atoms with E-state index < -0.39 is 0 Å². The van der Waals surface area contributed by atoms with Crippen LogP contribution >= 0.6 is 12.4 Å². The summed E-state index contributed by atoms with van der Waals surface area (Å²) in [6.45, 7) is 2.99. The van der Waals surface area contributed by atoms with Crippen molar-refractivity contribution < 1.29 is 9.59 Å². The Hall–Kier alpha value is -3.22. The largest absolute Gasteiger partial charge is 0.335 e. The molecular formula is C25H27ClN4O2. The van der Waals surface area contributed by atoms with Crippen molar-refractivity contribution >= 4 is 46.9 Å². The number of pyridine rings is 1. The zero-order chi connectivity index (χ0) is 22.0. The van der Waals surface area contributed by atoms with Gasteiger partial charge in [0.2, 0.25) is 11.8 Å². The summed E-state index contributed by atoms with van der Waals surface area (Å²) in [5, 5.41) is 5.14. The van der Waals surface area contributed by atoms with Crippen LogP contribution < -0.4 is 5.32 Å². The summed E-state index contributed by atoms with van der Waals surface area (Å²) < 4.78 is 0. The van der Waals surface area contributed by atoms with Gasteiger partial charge in [-0.25, -0.2) is 4.98 Å². The zero-order valence-corrected chi connectivity index (χ0v) is 19.2. The number of nitrogens with zero attached hydrogens (tertiary/aromatic N) is 3. The Bertz CT molecular complexity index is 1170. The molecule has 2 amide bonds. The Morgan fingerprint density at radius 3 is 2.75 bits per heavy atom. The van der Waals surface area contributed by atoms with Gasteiger partial charge in [-0.3, -0.25) is 14.5 Å². The molecule has 4 rings (SSSR count). The van der Waals surface area contributed by atoms with Crippen LogP contribution in [0.2, 0.25) is 0 Å². The molecule has 0 saturated heterocycles. The quantitative estimate of drug-likeness (QED) is 0.603. The molecule has 1 aliphatic rings. The van der Waals surface area contributed by atoms with Crippen LogP contribution in [0, 0.1) is 0 Å². The fourth-order valence-electron chi connectivity index (χ4n) is 3.92. The summed E-state index contributed by atoms with van der Waals surface area (Å²) in [6.07, 6.45) is 5.01. The number of anilines is 1. The lowest BCUT2D eigenvalue weighted by Crippen LogP contribution is -2.28. The van der Waals surface area contributed by atoms with E-state index in [0.717, 1.165) is 27.5 Å². The van der Waals surface area contributed by atoms with Crippen molar-refractivity contribution in [1.82, 2.24) is 14.8 Å². The van der Waals surface area contributed by atoms with Gasteiger partial charge in [0.05, 0.1) is 12.6 Å². The van der Waals surface area contributed by atoms with E-state index in [-0.39, 0.29) is 30.3 Å². The summed E-state index contributed by atoms with van der Waals surface area (Å²) in [4.78, 5) is 32.7. The summed E-state index contributed by atoms with van der Waals surface area (Å²) in [6, 6.07) is 16.3. The zero-order valence-electron chi connectivity index (χ0n) is 18.4. The minimum atomic E-state index is -0.0826. The number of amides is 2. The predicted molar refractivity (Wildman–Crippen MR) is 131 cm³/mol. The van der Waals surface area contributed by atoms with E-state index in [1.807, 2.05) is 50.2 Å². The minimum Gasteiger partial charge on any atom is -0.335 e. The van der Waals surface area contributed by atoms with Crippen LogP contribution in [0.4, 0.5) is 5.82 Å². The van der Waals surface area contributed by atoms with Crippen LogP contribution in [0.3, 0.4) is 0 Å². The molecule has 0 spiro atoms. The Morgan fingerprint density at radius 1 is 1.19 bits per heavy atom. The summed E-state index contributed by atoms with van der Waals surface area (Å²) in [7, 11) is 3.71. The third kappa shape index (κ3) is 4.98. The van der Waals surface area contributed by atoms with Crippen LogP contribution in [0.15, 0.2) is 60.8 Å². The maximum absolute atomic E-state index is 12.9. The molecule has 2 aromatic carbocycles. The summed E-state index contributed by atoms with van der Waals surface area (Å²) >= 11 is 0. The third-order valence-electron chi connectivity index (χ3n) is 5.72. The first-order valence-electron chi connectivity index (χ1n) is 10.3. The Labute approximate surface area is 194 Å². The van der Waals surface area contributed by atoms with Crippen molar-refractivity contribution in [2.75, 3.05) is 26.0 Å². The second-order valence-electron chi connectivity index (χ2n) is 8.02. The van der Waals surface area contributed by atoms with E-state index in [1.165, 1.54) is 0 Å². The molecule has 1 unspecified atom stereocenters. The molecule has 0 fully saturated rings. The first-order valence-corrected chi connectivity index (χ1v) is 10.3. The van der Waals surface area contributed by atoms with Gasteiger partial charge in [-0.15, -0.1) is 12.4 Å². The van der Waals surface area contributed by atoms with E-state index in [1.54, 1.807) is 23.2 Å². The van der Waals surface area contributed by atoms with E-state index in [9.17, 15) is 9.59 Å². The predicted octanol–water partition coefficient (Wildman–Crippen LogP) is 4.27. The highest BCUT2D eigenvalue weighted by Crippen LogP contribution is 2.27. The maximum atomic E-state index is 12.9. The number of nitrogens with one attached hydrogen (secondary N) is 1. The number of likely N-dealkylation sites (N-methyl/N-ethyl adjacent to an activating group) is 2. The molecule has 0 bridgehead atoms. The fraction of sp³-hybridized carbons (Fsp3) is 0.240. The molecule has 166 valence electrons. The fourth-order valence-corrected chi connectivity index (χ4v) is 3.92. The van der Waals surface area contributed by atoms with Gasteiger partial charge >= 0.3 is 0 Å². The highest BCUT2D eigenvalue weighted by molar-refractivity contribution is 5.94. The number of rotatable bonds is 4. The number of benzene rings is 2. The van der Waals surface area contributed by atoms with E-state index in [2.05, 4.69) is 34.6 Å². The first kappa shape index (κ1) is 23.4. The van der Waals surface area contributed by atoms with E-state index in [0.29, 0.717) is 18.9 Å². The van der Waals surface area contributed by atoms with Crippen molar-refractivity contribution in [2.24, 2.45) is 0 Å². The molecule has 6 nitrogen and oxygen atoms in total. The normalized spacial score (nSPS) is 14.9. The van der Waals surface area contributed by atoms with Gasteiger partial charge in [0.1, 0.15) is 5.82 Å². The summed E-state index contributed by atoms with van der Waals surface area (Å²) in [5.74, 6) is 0.427. The lowest BCUT2D eigenvalue weighted by molar-refractivity contribution is -0.126. The van der Waals surface area contributed by atoms with Gasteiger partial charge in [-0.2, -0.15) is 0 Å². The summed E-state index contributed by atoms with van der Waals surface area (Å²) in [5.41, 5.74) is 2.87. The molecule has 7 heteroatoms. The molecule has 3 aromatic rings. The average molecular weight is 451 g/mol. The maximum Gasteiger partial charge on any atom is 0.246 e. The van der Waals surface area contributed by atoms with Gasteiger partial charge in [0.15, 0.2) is 0 Å². The van der Waals surface area contributed by atoms with Crippen molar-refractivity contribution in [2.45, 2.75) is 19.5 Å². The van der Waals surface area contributed by atoms with Gasteiger partial charge in [0, 0.05) is 31.4 Å². The minimum absolute atomic E-state index is 0. The van der Waals surface area contributed by atoms with Crippen molar-refractivity contribution in [3.8, 4) is 0 Å². The first-order chi connectivity index (χ1) is 14.9. The number of fused-ring (bicyclic) bond motifs is 2. The second-order valence-corrected chi connectivity index (χ2v) is 8.02. The Morgan fingerprint density at radius 2 is 1.94 bits per heavy atom. The lowest BCUT2D eigenvalue weighted by Gasteiger charge is -2.25. The smallest absolute Gasteiger partial charge is 0.246 e. The van der Waals surface area contributed by atoms with Gasteiger partial charge in [0.25, 0.3) is 0 Å². The lowest BCUT2D eigenvalue weighted by atomic mass is 9.99. The van der Waals surface area contributed by atoms with Gasteiger partial charge in [-0.1, -0.05) is 42.5 Å². The molecule has 1 N–H and O–H groups in total. The Balaban J connectivity index is 0.00000289. The third-order valence-corrected chi connectivity index (χ3v) is 5.72. The molecular weight excluding hydrogens is 424 g/mol. The number of hydrogen-bond acceptors (Lipinski definition) is 4. The van der Waals surface area contributed by atoms with Gasteiger partial charge < -0.3 is 10.2 Å². The van der Waals surface area contributed by atoms with Crippen LogP contribution in [0.5, 0.6) is 0 Å². The van der Waals surface area contributed by atoms with E-state index >= 15 is 0 Å². The second kappa shape index (κ2) is 9.94. The topological polar surface area (TPSA) is 65.5 Å². The Kier molecular flexibility index (Phi) is 7.28. The van der Waals surface area contributed by atoms with Crippen LogP contribution in [-0.4, -0.2) is 47.2 Å². The van der Waals surface area contributed by atoms with Gasteiger partial charge in [-0.05, 0) is 48.0 Å². The highest BCUT2D eigenvalue weighted by Gasteiger charge is 2.19. The number of carbonyl (C=O) groups is 2. The number of carbonyl (C=O) groups excluding carboxylic acids is 2. The number of halogens is 1. The number of hydrogen-bond donors (Lipinski definition) is 1. The molecule has 2 heterocycles. The standard InChI is InChI=1S/C25H26N4O2.ClH/c1-17(21-10-6-8-19-7-4-5-9-22(19)21)29(3)24(31)12-11-18-13-20-15-28(2)16-23(30)27-25(20)26-14-18;/h4-14,17H,15-16H2,1-3H3,(H,26,27,30);1H/b12-11+;. The SMILES string of the molecule is CC(c1cccc2ccccc12)N(C)C(=O)/C=C/c1cnc2c(c1)CN(C)CC(=O)N2.Cl. The van der Waals surface area contributed by atoms with Crippen LogP contribution in [-0.2, 0) is 16.1 Å². The molecule has 0 saturated carbocycles. The average Bonchev–Trinajstić information content (AvgIpc) is 2.91. The van der Waals surface area contributed by atoms with E-state index in [4.69, 9.17) is 0 Å². The molecule has 32 heavy (non-hydrogen) atoms. The molecule has 1 aromatic heterocycles. The van der Waals surface area contributed by atoms with Crippen molar-refractivity contribution in [3.63, 3.8) is 0 Å².